The molecule has 1 heterocycles. The number of halogens is 3. The van der Waals surface area contributed by atoms with E-state index in [9.17, 15) is 22.8 Å². The fourth-order valence-electron chi connectivity index (χ4n) is 3.10. The van der Waals surface area contributed by atoms with E-state index in [1.165, 1.54) is 17.0 Å². The molecule has 4 nitrogen and oxygen atoms in total. The summed E-state index contributed by atoms with van der Waals surface area (Å²) in [6, 6.07) is 14.3. The van der Waals surface area contributed by atoms with Crippen LogP contribution in [0.2, 0.25) is 0 Å². The Labute approximate surface area is 155 Å². The molecular weight excluding hydrogens is 357 g/mol. The highest BCUT2D eigenvalue weighted by Crippen LogP contribution is 2.33. The zero-order chi connectivity index (χ0) is 19.4. The Balaban J connectivity index is 1.59. The molecule has 1 aliphatic heterocycles. The van der Waals surface area contributed by atoms with Crippen LogP contribution >= 0.6 is 0 Å². The first-order valence-corrected chi connectivity index (χ1v) is 8.64. The van der Waals surface area contributed by atoms with Gasteiger partial charge in [-0.25, -0.2) is 0 Å². The fourth-order valence-corrected chi connectivity index (χ4v) is 3.10. The van der Waals surface area contributed by atoms with Crippen LogP contribution in [0.15, 0.2) is 54.6 Å². The Bertz CT molecular complexity index is 821. The third-order valence-electron chi connectivity index (χ3n) is 4.54. The van der Waals surface area contributed by atoms with Gasteiger partial charge in [0.05, 0.1) is 11.5 Å². The molecule has 1 saturated heterocycles. The average Bonchev–Trinajstić information content (AvgIpc) is 3.04. The van der Waals surface area contributed by atoms with Crippen molar-refractivity contribution >= 4 is 17.5 Å². The highest BCUT2D eigenvalue weighted by atomic mass is 19.4. The second-order valence-electron chi connectivity index (χ2n) is 6.48. The SMILES string of the molecule is O=C(NCCc1ccccc1)[C@@H]1CC(=O)N(c2cccc(C(F)(F)F)c2)C1. The quantitative estimate of drug-likeness (QED) is 0.869. The highest BCUT2D eigenvalue weighted by Gasteiger charge is 2.36. The van der Waals surface area contributed by atoms with Gasteiger partial charge in [0.1, 0.15) is 0 Å². The van der Waals surface area contributed by atoms with Gasteiger partial charge in [0.2, 0.25) is 11.8 Å². The van der Waals surface area contributed by atoms with Gasteiger partial charge in [-0.15, -0.1) is 0 Å². The molecule has 142 valence electrons. The largest absolute Gasteiger partial charge is 0.416 e. The van der Waals surface area contributed by atoms with Crippen LogP contribution < -0.4 is 10.2 Å². The van der Waals surface area contributed by atoms with E-state index in [0.29, 0.717) is 13.0 Å². The Morgan fingerprint density at radius 1 is 1.11 bits per heavy atom. The van der Waals surface area contributed by atoms with Gasteiger partial charge in [0.15, 0.2) is 0 Å². The molecule has 7 heteroatoms. The normalized spacial score (nSPS) is 17.2. The summed E-state index contributed by atoms with van der Waals surface area (Å²) in [7, 11) is 0. The lowest BCUT2D eigenvalue weighted by Crippen LogP contribution is -2.34. The van der Waals surface area contributed by atoms with Gasteiger partial charge < -0.3 is 10.2 Å². The fraction of sp³-hybridized carbons (Fsp3) is 0.300. The number of amides is 2. The summed E-state index contributed by atoms with van der Waals surface area (Å²) >= 11 is 0. The second-order valence-corrected chi connectivity index (χ2v) is 6.48. The van der Waals surface area contributed by atoms with Crippen molar-refractivity contribution in [1.82, 2.24) is 5.32 Å². The maximum Gasteiger partial charge on any atom is 0.416 e. The summed E-state index contributed by atoms with van der Waals surface area (Å²) in [5, 5.41) is 2.80. The minimum absolute atomic E-state index is 0.00653. The lowest BCUT2D eigenvalue weighted by Gasteiger charge is -2.18. The molecule has 0 bridgehead atoms. The molecule has 0 spiro atoms. The van der Waals surface area contributed by atoms with Crippen LogP contribution in [0.3, 0.4) is 0 Å². The van der Waals surface area contributed by atoms with Crippen LogP contribution in [0.1, 0.15) is 17.5 Å². The van der Waals surface area contributed by atoms with Crippen molar-refractivity contribution < 1.29 is 22.8 Å². The van der Waals surface area contributed by atoms with Gasteiger partial charge in [-0.2, -0.15) is 13.2 Å². The number of anilines is 1. The number of alkyl halides is 3. The van der Waals surface area contributed by atoms with E-state index in [1.54, 1.807) is 0 Å². The van der Waals surface area contributed by atoms with Gasteiger partial charge in [0.25, 0.3) is 0 Å². The van der Waals surface area contributed by atoms with Crippen LogP contribution in [-0.2, 0) is 22.2 Å². The number of hydrogen-bond acceptors (Lipinski definition) is 2. The van der Waals surface area contributed by atoms with Gasteiger partial charge in [-0.1, -0.05) is 36.4 Å². The molecule has 2 amide bonds. The Morgan fingerprint density at radius 2 is 1.85 bits per heavy atom. The highest BCUT2D eigenvalue weighted by molar-refractivity contribution is 6.00. The van der Waals surface area contributed by atoms with Crippen molar-refractivity contribution in [2.75, 3.05) is 18.0 Å². The first kappa shape index (κ1) is 18.9. The first-order chi connectivity index (χ1) is 12.8. The molecular formula is C20H19F3N2O2. The zero-order valence-corrected chi connectivity index (χ0v) is 14.5. The monoisotopic (exact) mass is 376 g/mol. The summed E-state index contributed by atoms with van der Waals surface area (Å²) in [6.45, 7) is 0.522. The van der Waals surface area contributed by atoms with Crippen molar-refractivity contribution in [2.45, 2.75) is 19.0 Å². The van der Waals surface area contributed by atoms with Crippen LogP contribution in [0.5, 0.6) is 0 Å². The summed E-state index contributed by atoms with van der Waals surface area (Å²) in [4.78, 5) is 25.8. The minimum atomic E-state index is -4.48. The van der Waals surface area contributed by atoms with Crippen LogP contribution in [0.4, 0.5) is 18.9 Å². The van der Waals surface area contributed by atoms with Crippen molar-refractivity contribution in [3.63, 3.8) is 0 Å². The molecule has 2 aromatic rings. The standard InChI is InChI=1S/C20H19F3N2O2/c21-20(22,23)16-7-4-8-17(12-16)25-13-15(11-18(25)26)19(27)24-10-9-14-5-2-1-3-6-14/h1-8,12,15H,9-11,13H2,(H,24,27)/t15-/m1/s1. The molecule has 0 radical (unpaired) electrons. The topological polar surface area (TPSA) is 49.4 Å². The van der Waals surface area contributed by atoms with Crippen LogP contribution in [0, 0.1) is 5.92 Å². The number of carbonyl (C=O) groups excluding carboxylic acids is 2. The first-order valence-electron chi connectivity index (χ1n) is 8.64. The Hall–Kier alpha value is -2.83. The van der Waals surface area contributed by atoms with E-state index in [2.05, 4.69) is 5.32 Å². The van der Waals surface area contributed by atoms with Gasteiger partial charge in [-0.3, -0.25) is 9.59 Å². The third-order valence-corrected chi connectivity index (χ3v) is 4.54. The van der Waals surface area contributed by atoms with Crippen molar-refractivity contribution in [1.29, 1.82) is 0 Å². The number of hydrogen-bond donors (Lipinski definition) is 1. The Morgan fingerprint density at radius 3 is 2.56 bits per heavy atom. The van der Waals surface area contributed by atoms with Crippen LogP contribution in [0.25, 0.3) is 0 Å². The average molecular weight is 376 g/mol. The molecule has 27 heavy (non-hydrogen) atoms. The molecule has 0 saturated carbocycles. The number of nitrogens with one attached hydrogen (secondary N) is 1. The lowest BCUT2D eigenvalue weighted by atomic mass is 10.1. The maximum atomic E-state index is 12.9. The molecule has 1 fully saturated rings. The predicted octanol–water partition coefficient (Wildman–Crippen LogP) is 3.42. The third kappa shape index (κ3) is 4.67. The smallest absolute Gasteiger partial charge is 0.355 e. The molecule has 0 aliphatic carbocycles. The summed E-state index contributed by atoms with van der Waals surface area (Å²) < 4.78 is 38.6. The molecule has 3 rings (SSSR count). The minimum Gasteiger partial charge on any atom is -0.355 e. The van der Waals surface area contributed by atoms with E-state index < -0.39 is 17.7 Å². The molecule has 0 aromatic heterocycles. The van der Waals surface area contributed by atoms with E-state index in [4.69, 9.17) is 0 Å². The lowest BCUT2D eigenvalue weighted by molar-refractivity contribution is -0.137. The molecule has 0 unspecified atom stereocenters. The van der Waals surface area contributed by atoms with Gasteiger partial charge in [-0.05, 0) is 30.2 Å². The van der Waals surface area contributed by atoms with E-state index >= 15 is 0 Å². The molecule has 2 aromatic carbocycles. The zero-order valence-electron chi connectivity index (χ0n) is 14.5. The second kappa shape index (κ2) is 7.82. The van der Waals surface area contributed by atoms with Gasteiger partial charge in [0, 0.05) is 25.2 Å². The molecule has 1 aliphatic rings. The van der Waals surface area contributed by atoms with E-state index in [1.807, 2.05) is 30.3 Å². The van der Waals surface area contributed by atoms with Crippen molar-refractivity contribution in [3.05, 3.63) is 65.7 Å². The summed E-state index contributed by atoms with van der Waals surface area (Å²) in [5.41, 5.74) is 0.434. The predicted molar refractivity (Wildman–Crippen MR) is 95.1 cm³/mol. The van der Waals surface area contributed by atoms with E-state index in [-0.39, 0.29) is 30.5 Å². The number of nitrogens with zero attached hydrogens (tertiary/aromatic N) is 1. The van der Waals surface area contributed by atoms with Crippen molar-refractivity contribution in [3.8, 4) is 0 Å². The maximum absolute atomic E-state index is 12.9. The number of carbonyl (C=O) groups is 2. The summed E-state index contributed by atoms with van der Waals surface area (Å²) in [5.74, 6) is -1.17. The van der Waals surface area contributed by atoms with Crippen molar-refractivity contribution in [2.24, 2.45) is 5.92 Å². The number of rotatable bonds is 5. The number of benzene rings is 2. The van der Waals surface area contributed by atoms with Crippen LogP contribution in [-0.4, -0.2) is 24.9 Å². The summed E-state index contributed by atoms with van der Waals surface area (Å²) in [6.07, 6.45) is -3.81. The molecule has 1 atom stereocenters. The van der Waals surface area contributed by atoms with Gasteiger partial charge >= 0.3 is 6.18 Å². The molecule has 1 N–H and O–H groups in total. The van der Waals surface area contributed by atoms with E-state index in [0.717, 1.165) is 17.7 Å². The Kier molecular flexibility index (Phi) is 5.48.